The zero-order chi connectivity index (χ0) is 14.9. The van der Waals surface area contributed by atoms with Crippen molar-refractivity contribution in [2.24, 2.45) is 0 Å². The Balaban J connectivity index is 2.43. The summed E-state index contributed by atoms with van der Waals surface area (Å²) in [5.74, 6) is -3.10. The number of carboxylic acids is 1. The molecule has 0 unspecified atom stereocenters. The second kappa shape index (κ2) is 5.00. The minimum absolute atomic E-state index is 0.176. The summed E-state index contributed by atoms with van der Waals surface area (Å²) in [7, 11) is -4.12. The third-order valence-electron chi connectivity index (χ3n) is 2.39. The zero-order valence-corrected chi connectivity index (χ0v) is 11.0. The highest BCUT2D eigenvalue weighted by Gasteiger charge is 2.24. The number of aryl methyl sites for hydroxylation is 1. The quantitative estimate of drug-likeness (QED) is 0.902. The number of sulfone groups is 1. The number of rotatable bonds is 4. The molecule has 0 saturated carbocycles. The summed E-state index contributed by atoms with van der Waals surface area (Å²) >= 11 is 0. The van der Waals surface area contributed by atoms with Gasteiger partial charge in [-0.1, -0.05) is 0 Å². The third kappa shape index (κ3) is 2.82. The molecule has 1 N–H and O–H groups in total. The number of aromatic carboxylic acids is 1. The summed E-state index contributed by atoms with van der Waals surface area (Å²) < 4.78 is 42.6. The highest BCUT2D eigenvalue weighted by molar-refractivity contribution is 7.90. The van der Waals surface area contributed by atoms with Crippen LogP contribution in [0.5, 0.6) is 0 Å². The Hall–Kier alpha value is -2.29. The Morgan fingerprint density at radius 2 is 2.10 bits per heavy atom. The lowest BCUT2D eigenvalue weighted by Crippen LogP contribution is -2.09. The van der Waals surface area contributed by atoms with Crippen molar-refractivity contribution in [1.82, 2.24) is 10.2 Å². The molecule has 0 spiro atoms. The topological polar surface area (TPSA) is 110 Å². The monoisotopic (exact) mass is 300 g/mol. The molecule has 0 atom stereocenters. The van der Waals surface area contributed by atoms with Gasteiger partial charge in [0.1, 0.15) is 16.5 Å². The van der Waals surface area contributed by atoms with Gasteiger partial charge in [-0.3, -0.25) is 0 Å². The predicted molar refractivity (Wildman–Crippen MR) is 63.3 cm³/mol. The summed E-state index contributed by atoms with van der Waals surface area (Å²) in [6.07, 6.45) is 0. The van der Waals surface area contributed by atoms with E-state index in [1.165, 1.54) is 6.92 Å². The first-order chi connectivity index (χ1) is 9.29. The highest BCUT2D eigenvalue weighted by atomic mass is 32.2. The molecule has 9 heteroatoms. The van der Waals surface area contributed by atoms with E-state index in [2.05, 4.69) is 10.2 Å². The van der Waals surface area contributed by atoms with Crippen molar-refractivity contribution < 1.29 is 27.1 Å². The van der Waals surface area contributed by atoms with E-state index in [1.807, 2.05) is 0 Å². The molecule has 1 aromatic carbocycles. The number of hydrogen-bond acceptors (Lipinski definition) is 6. The fourth-order valence-corrected chi connectivity index (χ4v) is 2.78. The van der Waals surface area contributed by atoms with Gasteiger partial charge in [0.25, 0.3) is 0 Å². The van der Waals surface area contributed by atoms with Gasteiger partial charge in [0, 0.05) is 6.92 Å². The smallest absolute Gasteiger partial charge is 0.335 e. The van der Waals surface area contributed by atoms with Crippen LogP contribution in [0.4, 0.5) is 4.39 Å². The van der Waals surface area contributed by atoms with Crippen molar-refractivity contribution in [2.75, 3.05) is 0 Å². The number of halogens is 1. The van der Waals surface area contributed by atoms with Gasteiger partial charge in [0.05, 0.1) is 5.56 Å². The van der Waals surface area contributed by atoms with Gasteiger partial charge in [0.15, 0.2) is 9.84 Å². The van der Waals surface area contributed by atoms with Gasteiger partial charge in [-0.15, -0.1) is 10.2 Å². The molecule has 7 nitrogen and oxygen atoms in total. The fourth-order valence-electron chi connectivity index (χ4n) is 1.51. The van der Waals surface area contributed by atoms with Crippen LogP contribution in [0.3, 0.4) is 0 Å². The van der Waals surface area contributed by atoms with Crippen molar-refractivity contribution in [2.45, 2.75) is 17.6 Å². The Morgan fingerprint density at radius 1 is 1.40 bits per heavy atom. The number of carbonyl (C=O) groups is 1. The maximum absolute atomic E-state index is 13.6. The van der Waals surface area contributed by atoms with Gasteiger partial charge in [-0.05, 0) is 18.2 Å². The van der Waals surface area contributed by atoms with Crippen LogP contribution in [0.15, 0.2) is 27.5 Å². The molecule has 106 valence electrons. The number of nitrogens with zero attached hydrogens (tertiary/aromatic N) is 2. The van der Waals surface area contributed by atoms with Gasteiger partial charge < -0.3 is 9.52 Å². The molecule has 0 fully saturated rings. The van der Waals surface area contributed by atoms with E-state index < -0.39 is 32.3 Å². The summed E-state index contributed by atoms with van der Waals surface area (Å²) in [6, 6.07) is 2.53. The van der Waals surface area contributed by atoms with Crippen molar-refractivity contribution in [3.8, 4) is 0 Å². The number of benzene rings is 1. The molecule has 20 heavy (non-hydrogen) atoms. The molecule has 0 aliphatic carbocycles. The summed E-state index contributed by atoms with van der Waals surface area (Å²) in [5, 5.41) is 15.8. The van der Waals surface area contributed by atoms with Crippen LogP contribution in [0.25, 0.3) is 0 Å². The molecule has 1 heterocycles. The number of aromatic nitrogens is 2. The average Bonchev–Trinajstić information content (AvgIpc) is 2.73. The maximum Gasteiger partial charge on any atom is 0.335 e. The van der Waals surface area contributed by atoms with Crippen LogP contribution in [-0.4, -0.2) is 29.7 Å². The second-order valence-electron chi connectivity index (χ2n) is 3.92. The maximum atomic E-state index is 13.6. The fraction of sp³-hybridized carbons (Fsp3) is 0.182. The Bertz CT molecular complexity index is 769. The normalized spacial score (nSPS) is 11.5. The Labute approximate surface area is 113 Å². The summed E-state index contributed by atoms with van der Waals surface area (Å²) in [4.78, 5) is 10.1. The van der Waals surface area contributed by atoms with E-state index in [0.717, 1.165) is 18.2 Å². The molecule has 0 amide bonds. The van der Waals surface area contributed by atoms with Crippen LogP contribution in [-0.2, 0) is 15.6 Å². The van der Waals surface area contributed by atoms with Gasteiger partial charge >= 0.3 is 5.97 Å². The lowest BCUT2D eigenvalue weighted by molar-refractivity contribution is 0.0696. The van der Waals surface area contributed by atoms with Crippen LogP contribution in [0.2, 0.25) is 0 Å². The molecule has 0 aliphatic rings. The molecular weight excluding hydrogens is 291 g/mol. The van der Waals surface area contributed by atoms with E-state index >= 15 is 0 Å². The minimum atomic E-state index is -4.12. The predicted octanol–water partition coefficient (Wildman–Crippen LogP) is 1.19. The van der Waals surface area contributed by atoms with Crippen LogP contribution < -0.4 is 0 Å². The van der Waals surface area contributed by atoms with Gasteiger partial charge in [0.2, 0.25) is 11.8 Å². The van der Waals surface area contributed by atoms with Crippen molar-refractivity contribution in [3.63, 3.8) is 0 Å². The molecule has 1 aromatic heterocycles. The molecule has 0 aliphatic heterocycles. The SMILES string of the molecule is Cc1nnc(CS(=O)(=O)c2cc(C(=O)O)ccc2F)o1. The third-order valence-corrected chi connectivity index (χ3v) is 4.00. The van der Waals surface area contributed by atoms with Gasteiger partial charge in [-0.25, -0.2) is 17.6 Å². The first-order valence-corrected chi connectivity index (χ1v) is 6.99. The van der Waals surface area contributed by atoms with Crippen LogP contribution >= 0.6 is 0 Å². The van der Waals surface area contributed by atoms with Crippen molar-refractivity contribution in [1.29, 1.82) is 0 Å². The van der Waals surface area contributed by atoms with Crippen LogP contribution in [0, 0.1) is 12.7 Å². The van der Waals surface area contributed by atoms with E-state index in [-0.39, 0.29) is 17.3 Å². The van der Waals surface area contributed by atoms with E-state index in [0.29, 0.717) is 0 Å². The lowest BCUT2D eigenvalue weighted by Gasteiger charge is -2.04. The second-order valence-corrected chi connectivity index (χ2v) is 5.88. The first kappa shape index (κ1) is 14.1. The van der Waals surface area contributed by atoms with Crippen molar-refractivity contribution >= 4 is 15.8 Å². The summed E-state index contributed by atoms with van der Waals surface area (Å²) in [5.41, 5.74) is -0.327. The lowest BCUT2D eigenvalue weighted by atomic mass is 10.2. The Kier molecular flexibility index (Phi) is 3.53. The largest absolute Gasteiger partial charge is 0.478 e. The summed E-state index contributed by atoms with van der Waals surface area (Å²) in [6.45, 7) is 1.48. The number of carboxylic acid groups (broad SMARTS) is 1. The number of hydrogen-bond donors (Lipinski definition) is 1. The average molecular weight is 300 g/mol. The van der Waals surface area contributed by atoms with Crippen molar-refractivity contribution in [3.05, 3.63) is 41.4 Å². The van der Waals surface area contributed by atoms with Crippen LogP contribution in [0.1, 0.15) is 22.1 Å². The minimum Gasteiger partial charge on any atom is -0.478 e. The highest BCUT2D eigenvalue weighted by Crippen LogP contribution is 2.21. The first-order valence-electron chi connectivity index (χ1n) is 5.34. The zero-order valence-electron chi connectivity index (χ0n) is 10.2. The Morgan fingerprint density at radius 3 is 2.65 bits per heavy atom. The molecule has 2 aromatic rings. The molecule has 0 radical (unpaired) electrons. The van der Waals surface area contributed by atoms with E-state index in [4.69, 9.17) is 9.52 Å². The molecule has 0 saturated heterocycles. The van der Waals surface area contributed by atoms with E-state index in [1.54, 1.807) is 0 Å². The molecule has 2 rings (SSSR count). The molecular formula is C11H9FN2O5S. The van der Waals surface area contributed by atoms with E-state index in [9.17, 15) is 17.6 Å². The van der Waals surface area contributed by atoms with Gasteiger partial charge in [-0.2, -0.15) is 0 Å². The molecule has 0 bridgehead atoms. The standard InChI is InChI=1S/C11H9FN2O5S/c1-6-13-14-10(19-6)5-20(17,18)9-4-7(11(15)16)2-3-8(9)12/h2-4H,5H2,1H3,(H,15,16).